The Balaban J connectivity index is 2.80. The summed E-state index contributed by atoms with van der Waals surface area (Å²) >= 11 is 4.28. The van der Waals surface area contributed by atoms with E-state index in [0.29, 0.717) is 11.2 Å². The van der Waals surface area contributed by atoms with Gasteiger partial charge in [0.05, 0.1) is 0 Å². The van der Waals surface area contributed by atoms with Crippen LogP contribution in [0.3, 0.4) is 0 Å². The molecule has 0 bridgehead atoms. The summed E-state index contributed by atoms with van der Waals surface area (Å²) in [5.41, 5.74) is 1.37. The molecule has 0 heterocycles. The number of rotatable bonds is 3. The first-order valence-corrected chi connectivity index (χ1v) is 6.04. The minimum atomic E-state index is 0.509. The Hall–Kier alpha value is -0.0800. The lowest BCUT2D eigenvalue weighted by Crippen LogP contribution is -2.00. The van der Waals surface area contributed by atoms with Gasteiger partial charge in [0.2, 0.25) is 0 Å². The molecule has 1 rings (SSSR count). The fraction of sp³-hybridized carbons (Fsp3) is 0.400. The van der Waals surface area contributed by atoms with Gasteiger partial charge in [0, 0.05) is 5.25 Å². The normalized spacial score (nSPS) is 13.3. The average molecular weight is 198 g/mol. The van der Waals surface area contributed by atoms with Gasteiger partial charge in [-0.05, 0) is 11.5 Å². The second-order valence-electron chi connectivity index (χ2n) is 3.18. The van der Waals surface area contributed by atoms with Crippen molar-refractivity contribution in [1.82, 2.24) is 0 Å². The maximum atomic E-state index is 4.28. The smallest absolute Gasteiger partial charge is 0.0421 e. The van der Waals surface area contributed by atoms with Gasteiger partial charge in [-0.25, -0.2) is 0 Å². The highest BCUT2D eigenvalue weighted by molar-refractivity contribution is 8.68. The third kappa shape index (κ3) is 2.46. The SMILES string of the molecule is CC(C)C(SS)c1ccccc1. The molecule has 0 radical (unpaired) electrons. The van der Waals surface area contributed by atoms with Gasteiger partial charge in [-0.15, -0.1) is 11.7 Å². The van der Waals surface area contributed by atoms with E-state index in [0.717, 1.165) is 0 Å². The molecular formula is C10H14S2. The molecule has 0 aromatic heterocycles. The first-order chi connectivity index (χ1) is 5.75. The highest BCUT2D eigenvalue weighted by atomic mass is 33.1. The van der Waals surface area contributed by atoms with Crippen molar-refractivity contribution in [3.63, 3.8) is 0 Å². The van der Waals surface area contributed by atoms with Crippen LogP contribution in [0.5, 0.6) is 0 Å². The molecule has 0 aliphatic carbocycles. The van der Waals surface area contributed by atoms with Gasteiger partial charge in [0.25, 0.3) is 0 Å². The molecule has 0 spiro atoms. The first-order valence-electron chi connectivity index (χ1n) is 4.11. The topological polar surface area (TPSA) is 0 Å². The van der Waals surface area contributed by atoms with Gasteiger partial charge in [0.15, 0.2) is 0 Å². The summed E-state index contributed by atoms with van der Waals surface area (Å²) in [5.74, 6) is 0.634. The third-order valence-electron chi connectivity index (χ3n) is 1.85. The predicted molar refractivity (Wildman–Crippen MR) is 60.6 cm³/mol. The van der Waals surface area contributed by atoms with Crippen LogP contribution in [0.2, 0.25) is 0 Å². The maximum Gasteiger partial charge on any atom is 0.0421 e. The van der Waals surface area contributed by atoms with Gasteiger partial charge in [0.1, 0.15) is 0 Å². The second kappa shape index (κ2) is 4.83. The third-order valence-corrected chi connectivity index (χ3v) is 3.57. The van der Waals surface area contributed by atoms with Crippen LogP contribution in [-0.2, 0) is 0 Å². The molecule has 0 aliphatic rings. The summed E-state index contributed by atoms with van der Waals surface area (Å²) in [7, 11) is 1.63. The Morgan fingerprint density at radius 1 is 1.17 bits per heavy atom. The van der Waals surface area contributed by atoms with E-state index in [2.05, 4.69) is 49.8 Å². The number of hydrogen-bond acceptors (Lipinski definition) is 2. The zero-order chi connectivity index (χ0) is 8.97. The van der Waals surface area contributed by atoms with Crippen molar-refractivity contribution >= 4 is 22.5 Å². The number of benzene rings is 1. The molecule has 0 saturated heterocycles. The molecule has 1 aromatic rings. The van der Waals surface area contributed by atoms with E-state index in [1.165, 1.54) is 5.56 Å². The second-order valence-corrected chi connectivity index (χ2v) is 4.53. The summed E-state index contributed by atoms with van der Waals surface area (Å²) < 4.78 is 0. The van der Waals surface area contributed by atoms with Crippen LogP contribution in [-0.4, -0.2) is 0 Å². The van der Waals surface area contributed by atoms with Crippen molar-refractivity contribution in [1.29, 1.82) is 0 Å². The summed E-state index contributed by atoms with van der Waals surface area (Å²) in [6.07, 6.45) is 0. The molecular weight excluding hydrogens is 184 g/mol. The molecule has 1 unspecified atom stereocenters. The van der Waals surface area contributed by atoms with E-state index in [4.69, 9.17) is 0 Å². The predicted octanol–water partition coefficient (Wildman–Crippen LogP) is 3.96. The van der Waals surface area contributed by atoms with Crippen LogP contribution in [0.15, 0.2) is 30.3 Å². The van der Waals surface area contributed by atoms with Crippen molar-refractivity contribution in [2.75, 3.05) is 0 Å². The van der Waals surface area contributed by atoms with Crippen LogP contribution in [0.25, 0.3) is 0 Å². The van der Waals surface area contributed by atoms with Crippen molar-refractivity contribution in [2.45, 2.75) is 19.1 Å². The summed E-state index contributed by atoms with van der Waals surface area (Å²) in [6.45, 7) is 4.45. The van der Waals surface area contributed by atoms with Crippen molar-refractivity contribution in [3.05, 3.63) is 35.9 Å². The molecule has 0 N–H and O–H groups in total. The summed E-state index contributed by atoms with van der Waals surface area (Å²) in [5, 5.41) is 0.509. The fourth-order valence-electron chi connectivity index (χ4n) is 1.21. The lowest BCUT2D eigenvalue weighted by Gasteiger charge is -2.17. The Kier molecular flexibility index (Phi) is 4.02. The summed E-state index contributed by atoms with van der Waals surface area (Å²) in [6, 6.07) is 10.5. The average Bonchev–Trinajstić information content (AvgIpc) is 2.07. The zero-order valence-electron chi connectivity index (χ0n) is 7.40. The lowest BCUT2D eigenvalue weighted by atomic mass is 10.0. The van der Waals surface area contributed by atoms with Gasteiger partial charge in [-0.2, -0.15) is 0 Å². The van der Waals surface area contributed by atoms with Crippen LogP contribution < -0.4 is 0 Å². The van der Waals surface area contributed by atoms with Crippen LogP contribution >= 0.6 is 22.5 Å². The van der Waals surface area contributed by atoms with E-state index in [9.17, 15) is 0 Å². The van der Waals surface area contributed by atoms with Gasteiger partial charge < -0.3 is 0 Å². The number of thiol groups is 1. The van der Waals surface area contributed by atoms with E-state index in [1.54, 1.807) is 10.8 Å². The molecule has 0 aliphatic heterocycles. The largest absolute Gasteiger partial charge is 0.111 e. The molecule has 0 amide bonds. The highest BCUT2D eigenvalue weighted by Crippen LogP contribution is 2.37. The van der Waals surface area contributed by atoms with E-state index < -0.39 is 0 Å². The minimum Gasteiger partial charge on any atom is -0.111 e. The van der Waals surface area contributed by atoms with Gasteiger partial charge in [-0.3, -0.25) is 0 Å². The Bertz CT molecular complexity index is 219. The molecule has 12 heavy (non-hydrogen) atoms. The Labute approximate surface area is 83.6 Å². The Morgan fingerprint density at radius 2 is 1.75 bits per heavy atom. The van der Waals surface area contributed by atoms with E-state index in [-0.39, 0.29) is 0 Å². The van der Waals surface area contributed by atoms with Crippen LogP contribution in [0.4, 0.5) is 0 Å². The molecule has 0 saturated carbocycles. The molecule has 0 nitrogen and oxygen atoms in total. The first kappa shape index (κ1) is 10.0. The van der Waals surface area contributed by atoms with Crippen molar-refractivity contribution < 1.29 is 0 Å². The number of hydrogen-bond donors (Lipinski definition) is 1. The maximum absolute atomic E-state index is 4.28. The Morgan fingerprint density at radius 3 is 2.17 bits per heavy atom. The van der Waals surface area contributed by atoms with Crippen LogP contribution in [0, 0.1) is 5.92 Å². The van der Waals surface area contributed by atoms with E-state index >= 15 is 0 Å². The van der Waals surface area contributed by atoms with Gasteiger partial charge in [-0.1, -0.05) is 55.0 Å². The van der Waals surface area contributed by atoms with Gasteiger partial charge >= 0.3 is 0 Å². The summed E-state index contributed by atoms with van der Waals surface area (Å²) in [4.78, 5) is 0. The van der Waals surface area contributed by atoms with Crippen molar-refractivity contribution in [3.8, 4) is 0 Å². The molecule has 1 atom stereocenters. The van der Waals surface area contributed by atoms with Crippen LogP contribution in [0.1, 0.15) is 24.7 Å². The molecule has 2 heteroatoms. The standard InChI is InChI=1S/C10H14S2/c1-8(2)10(12-11)9-6-4-3-5-7-9/h3-8,10-11H,1-2H3. The molecule has 1 aromatic carbocycles. The quantitative estimate of drug-likeness (QED) is 0.566. The van der Waals surface area contributed by atoms with E-state index in [1.807, 2.05) is 6.07 Å². The molecule has 0 fully saturated rings. The zero-order valence-corrected chi connectivity index (χ0v) is 9.11. The lowest BCUT2D eigenvalue weighted by molar-refractivity contribution is 0.635. The highest BCUT2D eigenvalue weighted by Gasteiger charge is 2.13. The molecule has 66 valence electrons. The monoisotopic (exact) mass is 198 g/mol. The fourth-order valence-corrected chi connectivity index (χ4v) is 2.83. The minimum absolute atomic E-state index is 0.509. The van der Waals surface area contributed by atoms with Crippen molar-refractivity contribution in [2.24, 2.45) is 5.92 Å².